The first kappa shape index (κ1) is 124. The van der Waals surface area contributed by atoms with Gasteiger partial charge in [-0.05, 0) is 328 Å². The van der Waals surface area contributed by atoms with Crippen molar-refractivity contribution in [3.63, 3.8) is 0 Å². The highest BCUT2D eigenvalue weighted by Crippen LogP contribution is 2.30. The summed E-state index contributed by atoms with van der Waals surface area (Å²) in [5.74, 6) is 18.2. The summed E-state index contributed by atoms with van der Waals surface area (Å²) >= 11 is 0. The molecule has 11 aromatic heterocycles. The van der Waals surface area contributed by atoms with E-state index in [4.69, 9.17) is 32.0 Å². The van der Waals surface area contributed by atoms with E-state index in [1.165, 1.54) is 71.2 Å². The molecule has 2 aromatic carbocycles. The van der Waals surface area contributed by atoms with E-state index >= 15 is 0 Å². The van der Waals surface area contributed by atoms with Gasteiger partial charge in [0, 0.05) is 145 Å². The summed E-state index contributed by atoms with van der Waals surface area (Å²) in [4.78, 5) is 108. The number of aryl methyl sites for hydroxylation is 9. The second-order valence-electron chi connectivity index (χ2n) is 39.1. The second kappa shape index (κ2) is 55.9. The lowest BCUT2D eigenvalue weighted by Crippen LogP contribution is -2.58. The van der Waals surface area contributed by atoms with Crippen LogP contribution in [0.1, 0.15) is 422 Å². The number of carbonyl (C=O) groups is 9. The predicted molar refractivity (Wildman–Crippen MR) is 604 cm³/mol. The van der Waals surface area contributed by atoms with Gasteiger partial charge >= 0.3 is 0 Å². The van der Waals surface area contributed by atoms with E-state index in [-0.39, 0.29) is 57.8 Å². The molecule has 149 heavy (non-hydrogen) atoms. The Morgan fingerprint density at radius 2 is 0.570 bits per heavy atom. The maximum Gasteiger partial charge on any atom is 0.178 e. The van der Waals surface area contributed by atoms with E-state index in [2.05, 4.69) is 165 Å². The van der Waals surface area contributed by atoms with E-state index in [0.717, 1.165) is 114 Å². The molecule has 0 radical (unpaired) electrons. The Kier molecular flexibility index (Phi) is 46.5. The molecule has 0 bridgehead atoms. The van der Waals surface area contributed by atoms with Gasteiger partial charge in [-0.1, -0.05) is 119 Å². The number of aromatic nitrogens is 11. The zero-order valence-corrected chi connectivity index (χ0v) is 95.1. The van der Waals surface area contributed by atoms with Crippen LogP contribution < -0.4 is 17.5 Å². The van der Waals surface area contributed by atoms with Crippen molar-refractivity contribution < 1.29 is 59.2 Å². The molecule has 0 aliphatic carbocycles. The number of aldehydes is 1. The SMILES string of the molecule is C/C(=N\n1c(C(C)C)ccc1C(C)C)c1cccc(/C(C)=N/n2c(C(C)C)ccc2C(C)C)n1.CC(=O)/C(C)=N/n1c(C)cc(C(C)=O)c1C.CC(=O)c1cc(C)n(/N=C(C)/C(C)=N/n2c(C)ccc2C)c1C.CC(=O)c1cc(C)n(/N=C/c2cccc(C)c2O)c1C.CC(=O)c1cc(C)n(N)c1C.CC(=O)c1cc(C)n(N)c1C.CC(=O)c1cccc(C(C)=O)n1.CC(C)c1ccc(C(C)C)n1[NH3+].Cc1cccc(C=O)c1O. The van der Waals surface area contributed by atoms with Crippen LogP contribution in [0.3, 0.4) is 0 Å². The number of aromatic hydroxyl groups is 2. The summed E-state index contributed by atoms with van der Waals surface area (Å²) in [6.07, 6.45) is 2.24. The van der Waals surface area contributed by atoms with Crippen molar-refractivity contribution >= 4 is 87.3 Å². The number of nitrogens with zero attached hydrogens (tertiary/aromatic N) is 17. The number of Topliss-reactive ketones (excluding diaryl/α,β-unsaturated/α-hetero) is 8. The number of pyridine rings is 2. The van der Waals surface area contributed by atoms with Gasteiger partial charge in [-0.25, -0.2) is 42.7 Å². The number of carbonyl (C=O) groups excluding carboxylic acids is 9. The quantitative estimate of drug-likeness (QED) is 0.0154. The molecule has 13 rings (SSSR count). The molecular formula is C118H159N20O11+. The second-order valence-corrected chi connectivity index (χ2v) is 39.1. The van der Waals surface area contributed by atoms with Crippen molar-refractivity contribution in [3.8, 4) is 11.5 Å². The topological polar surface area (TPSA) is 418 Å². The molecule has 0 spiro atoms. The van der Waals surface area contributed by atoms with Crippen LogP contribution in [0.2, 0.25) is 0 Å². The zero-order chi connectivity index (χ0) is 113. The molecule has 0 saturated heterocycles. The highest BCUT2D eigenvalue weighted by Gasteiger charge is 2.23. The van der Waals surface area contributed by atoms with Gasteiger partial charge in [-0.3, -0.25) is 58.3 Å². The number of ketones is 8. The average molecular weight is 2030 g/mol. The Morgan fingerprint density at radius 3 is 0.846 bits per heavy atom. The Labute approximate surface area is 879 Å². The zero-order valence-electron chi connectivity index (χ0n) is 95.1. The summed E-state index contributed by atoms with van der Waals surface area (Å²) in [5.41, 5.74) is 30.5. The van der Waals surface area contributed by atoms with Gasteiger partial charge in [-0.2, -0.15) is 30.6 Å². The largest absolute Gasteiger partial charge is 0.507 e. The van der Waals surface area contributed by atoms with Gasteiger partial charge in [0.15, 0.2) is 52.6 Å². The third-order valence-electron chi connectivity index (χ3n) is 24.9. The molecule has 11 heterocycles. The number of quaternary nitrogens is 1. The highest BCUT2D eigenvalue weighted by atomic mass is 16.3. The number of hydrogen-bond acceptors (Lipinski definition) is 21. The molecule has 13 aromatic rings. The van der Waals surface area contributed by atoms with Crippen molar-refractivity contribution in [2.75, 3.05) is 11.7 Å². The normalized spacial score (nSPS) is 11.6. The number of benzene rings is 2. The summed E-state index contributed by atoms with van der Waals surface area (Å²) < 4.78 is 16.4. The summed E-state index contributed by atoms with van der Waals surface area (Å²) in [6, 6.07) is 47.8. The molecule has 0 aliphatic heterocycles. The van der Waals surface area contributed by atoms with Crippen molar-refractivity contribution in [2.45, 2.75) is 306 Å². The monoisotopic (exact) mass is 2030 g/mol. The minimum absolute atomic E-state index is 0.00929. The molecular weight excluding hydrogens is 1870 g/mol. The summed E-state index contributed by atoms with van der Waals surface area (Å²) in [6.45, 7) is 74.4. The van der Waals surface area contributed by atoms with Gasteiger partial charge in [0.25, 0.3) is 0 Å². The standard InChI is InChI=1S/C29H41N5.C18H24N4O.C16H18N2O2.C12H16N2O2.C10H18N2.C9H9NO2.2C8H12N2O.C8H8O2/c1-18(2)26-14-15-27(19(3)4)33(26)31-22(9)24-12-11-13-25(30-24)23(10)32-34-28(20(5)6)16-17-29(34)21(7)8;1-11-8-9-12(2)21(11)19-14(4)15(5)20-22-13(3)10-18(16(22)6)17(7)23;1-10-6-5-7-14(16(10)20)9-17-18-11(2)8-15(12(18)3)13(4)19;1-7-6-12(11(5)16)9(3)14(7)13-8(2)10(4)15;1-7(2)9-5-6-10(8(3)4)12(9)11;1-6(11)8-4-3-5-9(10-8)7(2)12;2*1-5-4-8(7(3)11)6(2)10(5)9;1-6-3-2-4-7(5-9)8(6)10/h11-21H,1-10H3;8-10H,1-7H3;5-9,20H,1-4H3;6H,1-5H3;5-8H,11H2,1-4H3;3-5H,1-2H3;2*4H,9H2,1-3H3;2-5,10H,1H3/p+1/b31-22+,32-23+;19-14+,20-15+;17-9+;13-8+;;;;;. The first-order valence-electron chi connectivity index (χ1n) is 49.9. The van der Waals surface area contributed by atoms with Crippen LogP contribution in [0.5, 0.6) is 11.5 Å². The van der Waals surface area contributed by atoms with Gasteiger partial charge in [0.1, 0.15) is 28.6 Å². The fourth-order valence-corrected chi connectivity index (χ4v) is 15.7. The molecule has 0 saturated carbocycles. The third-order valence-corrected chi connectivity index (χ3v) is 24.9. The van der Waals surface area contributed by atoms with Crippen molar-refractivity contribution in [1.82, 2.24) is 52.1 Å². The number of nitrogens with two attached hydrogens (primary N) is 2. The molecule has 9 N–H and O–H groups in total. The van der Waals surface area contributed by atoms with E-state index in [0.29, 0.717) is 97.8 Å². The first-order chi connectivity index (χ1) is 69.5. The summed E-state index contributed by atoms with van der Waals surface area (Å²) in [7, 11) is 0. The maximum atomic E-state index is 11.6. The molecule has 0 fully saturated rings. The van der Waals surface area contributed by atoms with Crippen LogP contribution in [0.15, 0.2) is 182 Å². The lowest BCUT2D eigenvalue weighted by molar-refractivity contribution is -0.444. The van der Waals surface area contributed by atoms with E-state index < -0.39 is 0 Å². The van der Waals surface area contributed by atoms with Crippen LogP contribution in [0.4, 0.5) is 0 Å². The number of phenolic OH excluding ortho intramolecular Hbond substituents is 2. The van der Waals surface area contributed by atoms with Crippen LogP contribution in [0, 0.1) is 96.9 Å². The van der Waals surface area contributed by atoms with Crippen LogP contribution >= 0.6 is 0 Å². The maximum absolute atomic E-state index is 11.6. The molecule has 796 valence electrons. The predicted octanol–water partition coefficient (Wildman–Crippen LogP) is 23.7. The Hall–Kier alpha value is -15.5. The average Bonchev–Trinajstić information content (AvgIpc) is 1.69. The lowest BCUT2D eigenvalue weighted by Gasteiger charge is -2.15. The smallest absolute Gasteiger partial charge is 0.178 e. The van der Waals surface area contributed by atoms with Gasteiger partial charge in [0.2, 0.25) is 0 Å². The van der Waals surface area contributed by atoms with Crippen LogP contribution in [-0.4, -0.2) is 150 Å². The number of phenols is 2. The van der Waals surface area contributed by atoms with Gasteiger partial charge < -0.3 is 21.9 Å². The fourth-order valence-electron chi connectivity index (χ4n) is 15.7. The van der Waals surface area contributed by atoms with E-state index in [9.17, 15) is 48.3 Å². The molecule has 0 unspecified atom stereocenters. The highest BCUT2D eigenvalue weighted by molar-refractivity contribution is 6.40. The van der Waals surface area contributed by atoms with Crippen molar-refractivity contribution in [1.29, 1.82) is 0 Å². The van der Waals surface area contributed by atoms with Crippen LogP contribution in [-0.2, 0) is 4.79 Å². The molecule has 0 amide bonds. The van der Waals surface area contributed by atoms with E-state index in [1.54, 1.807) is 122 Å². The molecule has 31 heteroatoms. The Balaban J connectivity index is 0.000000304. The minimum atomic E-state index is -0.127. The Morgan fingerprint density at radius 1 is 0.302 bits per heavy atom. The molecule has 31 nitrogen and oxygen atoms in total. The Bertz CT molecular complexity index is 6910. The van der Waals surface area contributed by atoms with Crippen LogP contribution in [0.25, 0.3) is 0 Å². The third kappa shape index (κ3) is 33.5. The van der Waals surface area contributed by atoms with Gasteiger partial charge in [0.05, 0.1) is 57.4 Å². The number of hydrogen-bond donors (Lipinski definition) is 5. The molecule has 0 atom stereocenters. The van der Waals surface area contributed by atoms with Crippen molar-refractivity contribution in [2.24, 2.45) is 30.6 Å². The van der Waals surface area contributed by atoms with Crippen molar-refractivity contribution in [3.05, 3.63) is 327 Å². The van der Waals surface area contributed by atoms with E-state index in [1.807, 2.05) is 177 Å². The fraction of sp³-hybridized carbons (Fsp3) is 0.381. The van der Waals surface area contributed by atoms with Gasteiger partial charge in [-0.15, -0.1) is 0 Å². The minimum Gasteiger partial charge on any atom is -0.507 e. The summed E-state index contributed by atoms with van der Waals surface area (Å²) in [5, 5.41) is 47.0. The number of nitrogen functional groups attached to an aromatic ring is 2. The lowest BCUT2D eigenvalue weighted by atomic mass is 10.1. The first-order valence-corrected chi connectivity index (χ1v) is 49.9. The molecule has 0 aliphatic rings. The number of rotatable bonds is 25. The number of para-hydroxylation sites is 2.